The van der Waals surface area contributed by atoms with E-state index in [-0.39, 0.29) is 12.5 Å². The van der Waals surface area contributed by atoms with Crippen molar-refractivity contribution in [1.29, 1.82) is 0 Å². The van der Waals surface area contributed by atoms with Crippen molar-refractivity contribution in [3.8, 4) is 0 Å². The number of nitrogens with zero attached hydrogens (tertiary/aromatic N) is 3. The number of aromatic nitrogens is 2. The Labute approximate surface area is 118 Å². The smallest absolute Gasteiger partial charge is 0.305 e. The third-order valence-electron chi connectivity index (χ3n) is 3.33. The van der Waals surface area contributed by atoms with Gasteiger partial charge in [-0.05, 0) is 19.1 Å². The molecule has 106 valence electrons. The Morgan fingerprint density at radius 2 is 2.10 bits per heavy atom. The van der Waals surface area contributed by atoms with Crippen molar-refractivity contribution in [3.63, 3.8) is 0 Å². The first kappa shape index (κ1) is 14.1. The van der Waals surface area contributed by atoms with Crippen LogP contribution in [-0.2, 0) is 11.8 Å². The van der Waals surface area contributed by atoms with Gasteiger partial charge in [-0.1, -0.05) is 18.2 Å². The highest BCUT2D eigenvalue weighted by atomic mass is 16.4. The van der Waals surface area contributed by atoms with Gasteiger partial charge in [0.2, 0.25) is 0 Å². The SMILES string of the molecule is CC(c1cnn(C)c1)N(CCC(=O)O)c1ccccc1. The number of para-hydroxylation sites is 1. The lowest BCUT2D eigenvalue weighted by atomic mass is 10.1. The van der Waals surface area contributed by atoms with Crippen molar-refractivity contribution in [2.75, 3.05) is 11.4 Å². The lowest BCUT2D eigenvalue weighted by Crippen LogP contribution is -2.29. The van der Waals surface area contributed by atoms with Gasteiger partial charge >= 0.3 is 5.97 Å². The molecule has 2 rings (SSSR count). The van der Waals surface area contributed by atoms with E-state index in [9.17, 15) is 4.79 Å². The van der Waals surface area contributed by atoms with E-state index in [0.29, 0.717) is 6.54 Å². The molecule has 20 heavy (non-hydrogen) atoms. The van der Waals surface area contributed by atoms with Gasteiger partial charge in [-0.3, -0.25) is 9.48 Å². The summed E-state index contributed by atoms with van der Waals surface area (Å²) in [6, 6.07) is 9.93. The van der Waals surface area contributed by atoms with Crippen LogP contribution in [-0.4, -0.2) is 27.4 Å². The van der Waals surface area contributed by atoms with E-state index in [1.165, 1.54) is 0 Å². The molecule has 0 amide bonds. The van der Waals surface area contributed by atoms with E-state index >= 15 is 0 Å². The van der Waals surface area contributed by atoms with E-state index in [1.54, 1.807) is 4.68 Å². The lowest BCUT2D eigenvalue weighted by Gasteiger charge is -2.30. The molecule has 1 aromatic heterocycles. The molecule has 1 atom stereocenters. The zero-order valence-electron chi connectivity index (χ0n) is 11.7. The van der Waals surface area contributed by atoms with Gasteiger partial charge in [0, 0.05) is 31.0 Å². The Kier molecular flexibility index (Phi) is 4.40. The molecule has 0 fully saturated rings. The molecule has 0 bridgehead atoms. The van der Waals surface area contributed by atoms with Gasteiger partial charge in [-0.2, -0.15) is 5.10 Å². The highest BCUT2D eigenvalue weighted by Gasteiger charge is 2.18. The van der Waals surface area contributed by atoms with Crippen LogP contribution in [0.15, 0.2) is 42.7 Å². The maximum Gasteiger partial charge on any atom is 0.305 e. The average Bonchev–Trinajstić information content (AvgIpc) is 2.86. The van der Waals surface area contributed by atoms with Gasteiger partial charge in [0.1, 0.15) is 0 Å². The standard InChI is InChI=1S/C15H19N3O2/c1-12(13-10-16-17(2)11-13)18(9-8-15(19)20)14-6-4-3-5-7-14/h3-7,10-12H,8-9H2,1-2H3,(H,19,20). The maximum absolute atomic E-state index is 10.9. The minimum atomic E-state index is -0.788. The monoisotopic (exact) mass is 273 g/mol. The van der Waals surface area contributed by atoms with Crippen molar-refractivity contribution >= 4 is 11.7 Å². The van der Waals surface area contributed by atoms with Crippen LogP contribution in [0.1, 0.15) is 24.9 Å². The van der Waals surface area contributed by atoms with Gasteiger partial charge in [0.05, 0.1) is 18.7 Å². The summed E-state index contributed by atoms with van der Waals surface area (Å²) in [5, 5.41) is 13.1. The van der Waals surface area contributed by atoms with Crippen molar-refractivity contribution in [1.82, 2.24) is 9.78 Å². The number of aliphatic carboxylic acids is 1. The number of carboxylic acid groups (broad SMARTS) is 1. The zero-order valence-corrected chi connectivity index (χ0v) is 11.7. The quantitative estimate of drug-likeness (QED) is 0.878. The number of carbonyl (C=O) groups is 1. The second-order valence-corrected chi connectivity index (χ2v) is 4.80. The Morgan fingerprint density at radius 3 is 2.65 bits per heavy atom. The molecule has 5 nitrogen and oxygen atoms in total. The molecule has 0 spiro atoms. The predicted octanol–water partition coefficient (Wildman–Crippen LogP) is 2.46. The molecule has 0 aliphatic carbocycles. The van der Waals surface area contributed by atoms with Crippen LogP contribution in [0.25, 0.3) is 0 Å². The van der Waals surface area contributed by atoms with Crippen molar-refractivity contribution < 1.29 is 9.90 Å². The summed E-state index contributed by atoms with van der Waals surface area (Å²) >= 11 is 0. The number of benzene rings is 1. The Hall–Kier alpha value is -2.30. The van der Waals surface area contributed by atoms with Crippen LogP contribution in [0.5, 0.6) is 0 Å². The largest absolute Gasteiger partial charge is 0.481 e. The van der Waals surface area contributed by atoms with Crippen LogP contribution in [0.3, 0.4) is 0 Å². The number of carboxylic acids is 1. The topological polar surface area (TPSA) is 58.4 Å². The number of hydrogen-bond donors (Lipinski definition) is 1. The molecular weight excluding hydrogens is 254 g/mol. The highest BCUT2D eigenvalue weighted by Crippen LogP contribution is 2.26. The van der Waals surface area contributed by atoms with Crippen LogP contribution in [0, 0.1) is 0 Å². The van der Waals surface area contributed by atoms with Crippen LogP contribution < -0.4 is 4.90 Å². The summed E-state index contributed by atoms with van der Waals surface area (Å²) in [4.78, 5) is 12.9. The van der Waals surface area contributed by atoms with Crippen molar-refractivity contribution in [2.45, 2.75) is 19.4 Å². The summed E-state index contributed by atoms with van der Waals surface area (Å²) in [7, 11) is 1.88. The second kappa shape index (κ2) is 6.23. The molecule has 1 N–H and O–H groups in total. The van der Waals surface area contributed by atoms with E-state index in [1.807, 2.05) is 49.8 Å². The molecule has 2 aromatic rings. The van der Waals surface area contributed by atoms with Gasteiger partial charge in [-0.25, -0.2) is 0 Å². The Morgan fingerprint density at radius 1 is 1.40 bits per heavy atom. The fourth-order valence-electron chi connectivity index (χ4n) is 2.22. The summed E-state index contributed by atoms with van der Waals surface area (Å²) in [5.74, 6) is -0.788. The molecule has 5 heteroatoms. The third-order valence-corrected chi connectivity index (χ3v) is 3.33. The Bertz CT molecular complexity index is 566. The van der Waals surface area contributed by atoms with Gasteiger partial charge < -0.3 is 10.0 Å². The normalized spacial score (nSPS) is 12.1. The fourth-order valence-corrected chi connectivity index (χ4v) is 2.22. The molecule has 1 unspecified atom stereocenters. The van der Waals surface area contributed by atoms with E-state index in [2.05, 4.69) is 16.9 Å². The van der Waals surface area contributed by atoms with Gasteiger partial charge in [0.15, 0.2) is 0 Å². The fraction of sp³-hybridized carbons (Fsp3) is 0.333. The molecule has 1 heterocycles. The van der Waals surface area contributed by atoms with Gasteiger partial charge in [0.25, 0.3) is 0 Å². The molecular formula is C15H19N3O2. The van der Waals surface area contributed by atoms with Crippen molar-refractivity contribution in [3.05, 3.63) is 48.3 Å². The number of anilines is 1. The Balaban J connectivity index is 2.23. The highest BCUT2D eigenvalue weighted by molar-refractivity contribution is 5.67. The molecule has 0 saturated carbocycles. The molecule has 1 aromatic carbocycles. The number of aryl methyl sites for hydroxylation is 1. The van der Waals surface area contributed by atoms with Crippen LogP contribution >= 0.6 is 0 Å². The van der Waals surface area contributed by atoms with Crippen molar-refractivity contribution in [2.24, 2.45) is 7.05 Å². The maximum atomic E-state index is 10.9. The van der Waals surface area contributed by atoms with E-state index < -0.39 is 5.97 Å². The third kappa shape index (κ3) is 3.38. The molecule has 0 saturated heterocycles. The number of rotatable bonds is 6. The first-order chi connectivity index (χ1) is 9.58. The van der Waals surface area contributed by atoms with Gasteiger partial charge in [-0.15, -0.1) is 0 Å². The van der Waals surface area contributed by atoms with E-state index in [0.717, 1.165) is 11.3 Å². The average molecular weight is 273 g/mol. The summed E-state index contributed by atoms with van der Waals surface area (Å²) < 4.78 is 1.76. The van der Waals surface area contributed by atoms with Crippen LogP contribution in [0.2, 0.25) is 0 Å². The molecule has 0 aliphatic rings. The zero-order chi connectivity index (χ0) is 14.5. The van der Waals surface area contributed by atoms with E-state index in [4.69, 9.17) is 5.11 Å². The lowest BCUT2D eigenvalue weighted by molar-refractivity contribution is -0.136. The summed E-state index contributed by atoms with van der Waals surface area (Å²) in [5.41, 5.74) is 2.09. The molecule has 0 radical (unpaired) electrons. The minimum absolute atomic E-state index is 0.0745. The summed E-state index contributed by atoms with van der Waals surface area (Å²) in [6.07, 6.45) is 3.89. The van der Waals surface area contributed by atoms with Crippen LogP contribution in [0.4, 0.5) is 5.69 Å². The predicted molar refractivity (Wildman–Crippen MR) is 77.7 cm³/mol. The summed E-state index contributed by atoms with van der Waals surface area (Å²) in [6.45, 7) is 2.53. The molecule has 0 aliphatic heterocycles. The second-order valence-electron chi connectivity index (χ2n) is 4.80. The number of hydrogen-bond acceptors (Lipinski definition) is 3. The first-order valence-electron chi connectivity index (χ1n) is 6.60. The first-order valence-corrected chi connectivity index (χ1v) is 6.60. The minimum Gasteiger partial charge on any atom is -0.481 e.